The maximum absolute atomic E-state index is 12.6. The Bertz CT molecular complexity index is 975. The van der Waals surface area contributed by atoms with E-state index < -0.39 is 24.2 Å². The van der Waals surface area contributed by atoms with E-state index in [2.05, 4.69) is 19.2 Å². The highest BCUT2D eigenvalue weighted by Crippen LogP contribution is 2.20. The lowest BCUT2D eigenvalue weighted by molar-refractivity contribution is -0.131. The number of amides is 1. The molecule has 426 valence electrons. The van der Waals surface area contributed by atoms with E-state index >= 15 is 0 Å². The summed E-state index contributed by atoms with van der Waals surface area (Å²) in [5.41, 5.74) is 0. The minimum absolute atomic E-state index is 0.307. The molecule has 0 aromatic heterocycles. The molecule has 0 saturated heterocycles. The van der Waals surface area contributed by atoms with Crippen molar-refractivity contribution in [3.05, 3.63) is 0 Å². The summed E-state index contributed by atoms with van der Waals surface area (Å²) < 4.78 is 0. The molecular weight excluding hydrogens is 871 g/mol. The van der Waals surface area contributed by atoms with Crippen LogP contribution in [0.2, 0.25) is 0 Å². The number of unbranched alkanes of at least 4 members (excludes halogenated alkanes) is 55. The second kappa shape index (κ2) is 61.9. The van der Waals surface area contributed by atoms with E-state index in [-0.39, 0.29) is 6.61 Å². The number of nitrogens with one attached hydrogen (secondary N) is 1. The number of aliphatic hydroxyl groups excluding tert-OH is 3. The summed E-state index contributed by atoms with van der Waals surface area (Å²) in [6.45, 7) is 4.29. The predicted molar refractivity (Wildman–Crippen MR) is 315 cm³/mol. The van der Waals surface area contributed by atoms with Gasteiger partial charge in [-0.2, -0.15) is 0 Å². The minimum Gasteiger partial charge on any atom is -0.394 e. The standard InChI is InChI=1S/C66H133NO4/c1-3-5-7-9-11-13-15-17-19-21-23-25-26-27-28-29-30-31-32-33-34-35-36-37-38-39-41-43-45-47-49-51-53-55-57-59-61-65(70)66(71)67-63(62-68)64(69)60-58-56-54-52-50-48-46-44-42-40-24-22-20-18-16-14-12-10-8-6-4-2/h63-65,68-70H,3-62H2,1-2H3,(H,67,71). The average Bonchev–Trinajstić information content (AvgIpc) is 3.38. The lowest BCUT2D eigenvalue weighted by Crippen LogP contribution is -2.49. The molecule has 0 saturated carbocycles. The third-order valence-electron chi connectivity index (χ3n) is 16.2. The molecule has 0 spiro atoms. The van der Waals surface area contributed by atoms with E-state index in [1.165, 1.54) is 334 Å². The van der Waals surface area contributed by atoms with Crippen LogP contribution in [-0.2, 0) is 4.79 Å². The topological polar surface area (TPSA) is 89.8 Å². The van der Waals surface area contributed by atoms with Crippen molar-refractivity contribution >= 4 is 5.91 Å². The van der Waals surface area contributed by atoms with Crippen molar-refractivity contribution in [2.24, 2.45) is 0 Å². The first-order chi connectivity index (χ1) is 35.1. The molecule has 0 aromatic carbocycles. The van der Waals surface area contributed by atoms with Gasteiger partial charge in [0, 0.05) is 0 Å². The summed E-state index contributed by atoms with van der Waals surface area (Å²) in [5.74, 6) is -0.460. The van der Waals surface area contributed by atoms with E-state index in [0.29, 0.717) is 12.8 Å². The van der Waals surface area contributed by atoms with Gasteiger partial charge in [-0.25, -0.2) is 0 Å². The quantitative estimate of drug-likeness (QED) is 0.0457. The van der Waals surface area contributed by atoms with Gasteiger partial charge in [-0.1, -0.05) is 380 Å². The first-order valence-electron chi connectivity index (χ1n) is 33.3. The maximum Gasteiger partial charge on any atom is 0.249 e. The van der Waals surface area contributed by atoms with Crippen molar-refractivity contribution in [2.45, 2.75) is 411 Å². The maximum atomic E-state index is 12.6. The Labute approximate surface area is 447 Å². The van der Waals surface area contributed by atoms with Crippen LogP contribution in [0.5, 0.6) is 0 Å². The van der Waals surface area contributed by atoms with Crippen LogP contribution in [0.3, 0.4) is 0 Å². The summed E-state index contributed by atoms with van der Waals surface area (Å²) in [5, 5.41) is 33.7. The van der Waals surface area contributed by atoms with Crippen molar-refractivity contribution in [3.63, 3.8) is 0 Å². The van der Waals surface area contributed by atoms with Crippen molar-refractivity contribution in [1.29, 1.82) is 0 Å². The molecule has 0 heterocycles. The fourth-order valence-electron chi connectivity index (χ4n) is 11.1. The zero-order chi connectivity index (χ0) is 51.4. The van der Waals surface area contributed by atoms with Gasteiger partial charge >= 0.3 is 0 Å². The summed E-state index contributed by atoms with van der Waals surface area (Å²) in [4.78, 5) is 12.6. The van der Waals surface area contributed by atoms with Crippen LogP contribution in [-0.4, -0.2) is 46.1 Å². The molecule has 0 fully saturated rings. The molecule has 5 heteroatoms. The van der Waals surface area contributed by atoms with Gasteiger partial charge in [0.25, 0.3) is 0 Å². The van der Waals surface area contributed by atoms with Gasteiger partial charge in [-0.15, -0.1) is 0 Å². The Morgan fingerprint density at radius 2 is 0.451 bits per heavy atom. The molecule has 3 atom stereocenters. The third kappa shape index (κ3) is 56.9. The number of hydrogen-bond donors (Lipinski definition) is 4. The Balaban J connectivity index is 3.41. The Hall–Kier alpha value is -0.650. The summed E-state index contributed by atoms with van der Waals surface area (Å²) in [6.07, 6.45) is 77.8. The highest BCUT2D eigenvalue weighted by atomic mass is 16.3. The van der Waals surface area contributed by atoms with E-state index in [0.717, 1.165) is 32.1 Å². The second-order valence-corrected chi connectivity index (χ2v) is 23.4. The van der Waals surface area contributed by atoms with Gasteiger partial charge in [0.05, 0.1) is 18.8 Å². The predicted octanol–water partition coefficient (Wildman–Crippen LogP) is 21.2. The number of carbonyl (C=O) groups excluding carboxylic acids is 1. The van der Waals surface area contributed by atoms with Crippen LogP contribution in [0, 0.1) is 0 Å². The fraction of sp³-hybridized carbons (Fsp3) is 0.985. The number of rotatable bonds is 63. The first-order valence-corrected chi connectivity index (χ1v) is 33.3. The van der Waals surface area contributed by atoms with Crippen molar-refractivity contribution in [3.8, 4) is 0 Å². The lowest BCUT2D eigenvalue weighted by atomic mass is 10.0. The summed E-state index contributed by atoms with van der Waals surface area (Å²) >= 11 is 0. The smallest absolute Gasteiger partial charge is 0.249 e. The molecular formula is C66H133NO4. The van der Waals surface area contributed by atoms with Crippen molar-refractivity contribution in [1.82, 2.24) is 5.32 Å². The number of hydrogen-bond acceptors (Lipinski definition) is 4. The molecule has 71 heavy (non-hydrogen) atoms. The average molecular weight is 1000 g/mol. The van der Waals surface area contributed by atoms with Crippen LogP contribution >= 0.6 is 0 Å². The zero-order valence-corrected chi connectivity index (χ0v) is 48.9. The van der Waals surface area contributed by atoms with Gasteiger partial charge in [-0.05, 0) is 12.8 Å². The lowest BCUT2D eigenvalue weighted by Gasteiger charge is -2.23. The van der Waals surface area contributed by atoms with E-state index in [1.807, 2.05) is 0 Å². The van der Waals surface area contributed by atoms with Crippen molar-refractivity contribution < 1.29 is 20.1 Å². The SMILES string of the molecule is CCCCCCCCCCCCCCCCCCCCCCCCCCCCCCCCCCCCCCC(O)C(=O)NC(CO)C(O)CCCCCCCCCCCCCCCCCCCCCCC. The van der Waals surface area contributed by atoms with E-state index in [4.69, 9.17) is 0 Å². The fourth-order valence-corrected chi connectivity index (χ4v) is 11.1. The molecule has 3 unspecified atom stereocenters. The molecule has 0 bridgehead atoms. The minimum atomic E-state index is -1.07. The second-order valence-electron chi connectivity index (χ2n) is 23.4. The molecule has 5 nitrogen and oxygen atoms in total. The van der Waals surface area contributed by atoms with Gasteiger partial charge in [-0.3, -0.25) is 4.79 Å². The van der Waals surface area contributed by atoms with Crippen LogP contribution in [0.25, 0.3) is 0 Å². The molecule has 0 aliphatic carbocycles. The van der Waals surface area contributed by atoms with Gasteiger partial charge in [0.2, 0.25) is 5.91 Å². The highest BCUT2D eigenvalue weighted by molar-refractivity contribution is 5.80. The van der Waals surface area contributed by atoms with Crippen LogP contribution in [0.1, 0.15) is 393 Å². The summed E-state index contributed by atoms with van der Waals surface area (Å²) in [6, 6.07) is -0.708. The Morgan fingerprint density at radius 1 is 0.282 bits per heavy atom. The number of carbonyl (C=O) groups is 1. The van der Waals surface area contributed by atoms with Crippen molar-refractivity contribution in [2.75, 3.05) is 6.61 Å². The zero-order valence-electron chi connectivity index (χ0n) is 48.9. The van der Waals surface area contributed by atoms with Gasteiger partial charge in [0.1, 0.15) is 6.10 Å². The first kappa shape index (κ1) is 70.3. The van der Waals surface area contributed by atoms with Gasteiger partial charge in [0.15, 0.2) is 0 Å². The molecule has 1 amide bonds. The molecule has 4 N–H and O–H groups in total. The third-order valence-corrected chi connectivity index (χ3v) is 16.2. The molecule has 0 radical (unpaired) electrons. The summed E-state index contributed by atoms with van der Waals surface area (Å²) in [7, 11) is 0. The monoisotopic (exact) mass is 1000 g/mol. The van der Waals surface area contributed by atoms with E-state index in [9.17, 15) is 20.1 Å². The Kier molecular flexibility index (Phi) is 61.3. The molecule has 0 aliphatic heterocycles. The van der Waals surface area contributed by atoms with Crippen LogP contribution in [0.15, 0.2) is 0 Å². The van der Waals surface area contributed by atoms with Gasteiger partial charge < -0.3 is 20.6 Å². The van der Waals surface area contributed by atoms with Crippen LogP contribution < -0.4 is 5.32 Å². The van der Waals surface area contributed by atoms with Crippen LogP contribution in [0.4, 0.5) is 0 Å². The van der Waals surface area contributed by atoms with E-state index in [1.54, 1.807) is 0 Å². The largest absolute Gasteiger partial charge is 0.394 e. The normalized spacial score (nSPS) is 13.0. The molecule has 0 rings (SSSR count). The molecule has 0 aromatic rings. The number of aliphatic hydroxyl groups is 3. The molecule has 0 aliphatic rings. The highest BCUT2D eigenvalue weighted by Gasteiger charge is 2.23. The Morgan fingerprint density at radius 3 is 0.634 bits per heavy atom.